The fourth-order valence-electron chi connectivity index (χ4n) is 2.50. The molecular weight excluding hydrogens is 262 g/mol. The van der Waals surface area contributed by atoms with Gasteiger partial charge in [-0.15, -0.1) is 5.10 Å². The average Bonchev–Trinajstić information content (AvgIpc) is 2.80. The van der Waals surface area contributed by atoms with Crippen molar-refractivity contribution in [3.8, 4) is 17.3 Å². The van der Waals surface area contributed by atoms with E-state index in [1.165, 1.54) is 4.68 Å². The van der Waals surface area contributed by atoms with Crippen molar-refractivity contribution in [3.05, 3.63) is 36.0 Å². The Hall–Kier alpha value is -2.29. The van der Waals surface area contributed by atoms with Gasteiger partial charge in [0.05, 0.1) is 0 Å². The van der Waals surface area contributed by atoms with E-state index in [-0.39, 0.29) is 18.8 Å². The van der Waals surface area contributed by atoms with Crippen molar-refractivity contribution in [1.29, 1.82) is 5.26 Å². The summed E-state index contributed by atoms with van der Waals surface area (Å²) in [5.74, 6) is -2.69. The third-order valence-corrected chi connectivity index (χ3v) is 3.49. The molecule has 0 atom stereocenters. The quantitative estimate of drug-likeness (QED) is 0.864. The van der Waals surface area contributed by atoms with Gasteiger partial charge in [-0.05, 0) is 5.92 Å². The molecular formula is C14H12F2N4. The number of hydrogen-bond donors (Lipinski definition) is 0. The summed E-state index contributed by atoms with van der Waals surface area (Å²) < 4.78 is 27.1. The number of hydrogen-bond acceptors (Lipinski definition) is 3. The Bertz CT molecular complexity index is 650. The van der Waals surface area contributed by atoms with Crippen LogP contribution in [0, 0.1) is 17.2 Å². The lowest BCUT2D eigenvalue weighted by molar-refractivity contribution is -0.114. The number of nitriles is 1. The second kappa shape index (κ2) is 4.67. The summed E-state index contributed by atoms with van der Waals surface area (Å²) in [7, 11) is 0. The van der Waals surface area contributed by atoms with Gasteiger partial charge in [-0.3, -0.25) is 0 Å². The highest BCUT2D eigenvalue weighted by atomic mass is 19.3. The molecule has 0 unspecified atom stereocenters. The van der Waals surface area contributed by atoms with E-state index >= 15 is 0 Å². The molecule has 3 rings (SSSR count). The van der Waals surface area contributed by atoms with Crippen LogP contribution >= 0.6 is 0 Å². The number of nitrogens with zero attached hydrogens (tertiary/aromatic N) is 4. The lowest BCUT2D eigenvalue weighted by Gasteiger charge is -2.34. The van der Waals surface area contributed by atoms with Crippen molar-refractivity contribution < 1.29 is 8.78 Å². The Morgan fingerprint density at radius 3 is 2.60 bits per heavy atom. The van der Waals surface area contributed by atoms with Crippen LogP contribution in [0.1, 0.15) is 18.5 Å². The first-order valence-corrected chi connectivity index (χ1v) is 6.36. The van der Waals surface area contributed by atoms with E-state index in [0.717, 1.165) is 5.56 Å². The molecule has 0 N–H and O–H groups in total. The van der Waals surface area contributed by atoms with Gasteiger partial charge < -0.3 is 0 Å². The summed E-state index contributed by atoms with van der Waals surface area (Å²) in [5.41, 5.74) is 1.62. The first-order valence-electron chi connectivity index (χ1n) is 6.36. The normalized spacial score (nSPS) is 17.4. The van der Waals surface area contributed by atoms with E-state index in [0.29, 0.717) is 17.9 Å². The van der Waals surface area contributed by atoms with Gasteiger partial charge in [0.25, 0.3) is 0 Å². The minimum atomic E-state index is -2.56. The molecule has 20 heavy (non-hydrogen) atoms. The number of benzene rings is 1. The van der Waals surface area contributed by atoms with Crippen LogP contribution < -0.4 is 0 Å². The number of aromatic nitrogens is 3. The SMILES string of the molecule is N#Cc1c(-c2ccccc2)nnn1CC1CC(F)(F)C1. The average molecular weight is 274 g/mol. The molecule has 0 spiro atoms. The molecule has 102 valence electrons. The Kier molecular flexibility index (Phi) is 2.97. The zero-order valence-corrected chi connectivity index (χ0v) is 10.6. The topological polar surface area (TPSA) is 54.5 Å². The van der Waals surface area contributed by atoms with Crippen molar-refractivity contribution >= 4 is 0 Å². The Labute approximate surface area is 114 Å². The van der Waals surface area contributed by atoms with E-state index in [1.54, 1.807) is 0 Å². The Morgan fingerprint density at radius 1 is 1.30 bits per heavy atom. The molecule has 6 heteroatoms. The van der Waals surface area contributed by atoms with Crippen LogP contribution in [0.25, 0.3) is 11.3 Å². The highest BCUT2D eigenvalue weighted by molar-refractivity contribution is 5.64. The van der Waals surface area contributed by atoms with E-state index in [2.05, 4.69) is 16.4 Å². The van der Waals surface area contributed by atoms with Crippen molar-refractivity contribution in [2.45, 2.75) is 25.3 Å². The zero-order chi connectivity index (χ0) is 14.2. The summed E-state index contributed by atoms with van der Waals surface area (Å²) in [6, 6.07) is 11.3. The Morgan fingerprint density at radius 2 is 2.00 bits per heavy atom. The maximum Gasteiger partial charge on any atom is 0.248 e. The second-order valence-electron chi connectivity index (χ2n) is 5.08. The van der Waals surface area contributed by atoms with Crippen LogP contribution in [0.2, 0.25) is 0 Å². The molecule has 0 saturated heterocycles. The molecule has 4 nitrogen and oxygen atoms in total. The minimum absolute atomic E-state index is 0.137. The first-order chi connectivity index (χ1) is 9.59. The maximum atomic E-state index is 12.8. The molecule has 1 heterocycles. The number of alkyl halides is 2. The smallest absolute Gasteiger partial charge is 0.234 e. The fraction of sp³-hybridized carbons (Fsp3) is 0.357. The van der Waals surface area contributed by atoms with Crippen LogP contribution in [0.5, 0.6) is 0 Å². The van der Waals surface area contributed by atoms with Gasteiger partial charge in [0.15, 0.2) is 5.69 Å². The third kappa shape index (κ3) is 2.27. The maximum absolute atomic E-state index is 12.8. The summed E-state index contributed by atoms with van der Waals surface area (Å²) in [4.78, 5) is 0. The highest BCUT2D eigenvalue weighted by Gasteiger charge is 2.45. The van der Waals surface area contributed by atoms with Crippen molar-refractivity contribution in [1.82, 2.24) is 15.0 Å². The van der Waals surface area contributed by atoms with Crippen molar-refractivity contribution in [2.24, 2.45) is 5.92 Å². The van der Waals surface area contributed by atoms with Crippen LogP contribution in [0.15, 0.2) is 30.3 Å². The molecule has 1 aliphatic carbocycles. The summed E-state index contributed by atoms with van der Waals surface area (Å²) in [6.07, 6.45) is -0.281. The van der Waals surface area contributed by atoms with Crippen LogP contribution in [-0.2, 0) is 6.54 Å². The lowest BCUT2D eigenvalue weighted by atomic mass is 9.81. The number of rotatable bonds is 3. The largest absolute Gasteiger partial charge is 0.248 e. The highest BCUT2D eigenvalue weighted by Crippen LogP contribution is 2.43. The van der Waals surface area contributed by atoms with E-state index in [4.69, 9.17) is 0 Å². The molecule has 1 aliphatic rings. The zero-order valence-electron chi connectivity index (χ0n) is 10.6. The molecule has 2 aromatic rings. The van der Waals surface area contributed by atoms with E-state index in [9.17, 15) is 14.0 Å². The summed E-state index contributed by atoms with van der Waals surface area (Å²) in [5, 5.41) is 17.2. The summed E-state index contributed by atoms with van der Waals surface area (Å²) in [6.45, 7) is 0.318. The van der Waals surface area contributed by atoms with Gasteiger partial charge in [0.2, 0.25) is 5.92 Å². The minimum Gasteiger partial charge on any atom is -0.234 e. The van der Waals surface area contributed by atoms with E-state index in [1.807, 2.05) is 30.3 Å². The molecule has 1 aromatic heterocycles. The number of halogens is 2. The first kappa shape index (κ1) is 12.7. The molecule has 0 aliphatic heterocycles. The van der Waals surface area contributed by atoms with Gasteiger partial charge in [0.1, 0.15) is 11.8 Å². The lowest BCUT2D eigenvalue weighted by Crippen LogP contribution is -2.38. The molecule has 1 aromatic carbocycles. The van der Waals surface area contributed by atoms with E-state index < -0.39 is 5.92 Å². The van der Waals surface area contributed by atoms with Gasteiger partial charge in [-0.1, -0.05) is 35.5 Å². The third-order valence-electron chi connectivity index (χ3n) is 3.49. The predicted octanol–water partition coefficient (Wildman–Crippen LogP) is 2.86. The van der Waals surface area contributed by atoms with Crippen molar-refractivity contribution in [3.63, 3.8) is 0 Å². The van der Waals surface area contributed by atoms with Gasteiger partial charge >= 0.3 is 0 Å². The predicted molar refractivity (Wildman–Crippen MR) is 67.8 cm³/mol. The molecule has 0 radical (unpaired) electrons. The molecule has 1 fully saturated rings. The summed E-state index contributed by atoms with van der Waals surface area (Å²) >= 11 is 0. The molecule has 0 bridgehead atoms. The van der Waals surface area contributed by atoms with Gasteiger partial charge in [-0.25, -0.2) is 13.5 Å². The van der Waals surface area contributed by atoms with Crippen molar-refractivity contribution in [2.75, 3.05) is 0 Å². The van der Waals surface area contributed by atoms with Gasteiger partial charge in [-0.2, -0.15) is 5.26 Å². The van der Waals surface area contributed by atoms with Crippen LogP contribution in [-0.4, -0.2) is 20.9 Å². The monoisotopic (exact) mass is 274 g/mol. The standard InChI is InChI=1S/C14H12F2N4/c15-14(16)6-10(7-14)9-20-12(8-17)13(18-19-20)11-4-2-1-3-5-11/h1-5,10H,6-7,9H2. The molecule has 1 saturated carbocycles. The fourth-order valence-corrected chi connectivity index (χ4v) is 2.50. The Balaban J connectivity index is 1.84. The second-order valence-corrected chi connectivity index (χ2v) is 5.08. The van der Waals surface area contributed by atoms with Crippen LogP contribution in [0.3, 0.4) is 0 Å². The van der Waals surface area contributed by atoms with Gasteiger partial charge in [0, 0.05) is 24.9 Å². The van der Waals surface area contributed by atoms with Crippen LogP contribution in [0.4, 0.5) is 8.78 Å². The molecule has 0 amide bonds.